The summed E-state index contributed by atoms with van der Waals surface area (Å²) < 4.78 is 0. The lowest BCUT2D eigenvalue weighted by Crippen LogP contribution is -2.35. The molecule has 1 atom stereocenters. The highest BCUT2D eigenvalue weighted by atomic mass is 16.4. The highest BCUT2D eigenvalue weighted by molar-refractivity contribution is 5.81. The molecule has 1 unspecified atom stereocenters. The Hall–Kier alpha value is -2.43. The molecule has 0 radical (unpaired) electrons. The first-order chi connectivity index (χ1) is 14.8. The van der Waals surface area contributed by atoms with Crippen LogP contribution in [0, 0.1) is 6.92 Å². The molecule has 168 valence electrons. The minimum atomic E-state index is -0.804. The Morgan fingerprint density at radius 2 is 1.77 bits per heavy atom. The van der Waals surface area contributed by atoms with Crippen LogP contribution in [0.3, 0.4) is 0 Å². The van der Waals surface area contributed by atoms with Crippen LogP contribution in [0.15, 0.2) is 24.3 Å². The van der Waals surface area contributed by atoms with Crippen molar-refractivity contribution < 1.29 is 9.90 Å². The number of carbonyl (C=O) groups is 1. The second-order valence-corrected chi connectivity index (χ2v) is 9.23. The van der Waals surface area contributed by atoms with Gasteiger partial charge in [0.1, 0.15) is 0 Å². The largest absolute Gasteiger partial charge is 0.481 e. The van der Waals surface area contributed by atoms with Crippen LogP contribution in [0.5, 0.6) is 0 Å². The summed E-state index contributed by atoms with van der Waals surface area (Å²) in [6.45, 7) is 8.31. The molecule has 1 aliphatic carbocycles. The number of hydrogen-bond acceptors (Lipinski definition) is 4. The zero-order valence-electron chi connectivity index (χ0n) is 19.7. The third kappa shape index (κ3) is 5.25. The van der Waals surface area contributed by atoms with Gasteiger partial charge in [-0.1, -0.05) is 70.7 Å². The summed E-state index contributed by atoms with van der Waals surface area (Å²) in [4.78, 5) is 24.2. The normalized spacial score (nSPS) is 15.8. The van der Waals surface area contributed by atoms with Crippen molar-refractivity contribution in [3.63, 3.8) is 0 Å². The predicted octanol–water partition coefficient (Wildman–Crippen LogP) is 6.31. The fourth-order valence-electron chi connectivity index (χ4n) is 4.70. The van der Waals surface area contributed by atoms with Crippen molar-refractivity contribution >= 4 is 11.9 Å². The van der Waals surface area contributed by atoms with Gasteiger partial charge in [-0.2, -0.15) is 0 Å². The number of carboxylic acid groups (broad SMARTS) is 1. The molecule has 2 aromatic rings. The van der Waals surface area contributed by atoms with E-state index in [2.05, 4.69) is 50.1 Å². The fourth-order valence-corrected chi connectivity index (χ4v) is 4.70. The molecule has 5 nitrogen and oxygen atoms in total. The Labute approximate surface area is 186 Å². The molecule has 1 N–H and O–H groups in total. The minimum Gasteiger partial charge on any atom is -0.481 e. The summed E-state index contributed by atoms with van der Waals surface area (Å²) in [6.07, 6.45) is 7.48. The second-order valence-electron chi connectivity index (χ2n) is 9.23. The van der Waals surface area contributed by atoms with E-state index in [-0.39, 0.29) is 0 Å². The summed E-state index contributed by atoms with van der Waals surface area (Å²) >= 11 is 0. The maximum Gasteiger partial charge on any atom is 0.311 e. The van der Waals surface area contributed by atoms with Crippen molar-refractivity contribution in [1.29, 1.82) is 0 Å². The van der Waals surface area contributed by atoms with E-state index in [9.17, 15) is 9.90 Å². The number of hydrogen-bond donors (Lipinski definition) is 1. The number of aryl methyl sites for hydroxylation is 1. The van der Waals surface area contributed by atoms with Gasteiger partial charge in [0.05, 0.1) is 11.6 Å². The molecule has 1 aromatic carbocycles. The zero-order chi connectivity index (χ0) is 22.5. The molecule has 1 saturated carbocycles. The van der Waals surface area contributed by atoms with E-state index < -0.39 is 11.9 Å². The molecule has 1 heterocycles. The van der Waals surface area contributed by atoms with Crippen LogP contribution in [-0.2, 0) is 4.79 Å². The lowest BCUT2D eigenvalue weighted by molar-refractivity contribution is -0.139. The van der Waals surface area contributed by atoms with Crippen molar-refractivity contribution in [1.82, 2.24) is 9.97 Å². The number of carboxylic acids is 1. The molecule has 1 fully saturated rings. The molecule has 0 saturated heterocycles. The highest BCUT2D eigenvalue weighted by Crippen LogP contribution is 2.35. The maximum absolute atomic E-state index is 12.2. The Balaban J connectivity index is 2.12. The molecule has 0 spiro atoms. The van der Waals surface area contributed by atoms with Gasteiger partial charge < -0.3 is 10.0 Å². The molecule has 0 amide bonds. The number of aromatic nitrogens is 2. The van der Waals surface area contributed by atoms with Crippen LogP contribution in [-0.4, -0.2) is 34.1 Å². The summed E-state index contributed by atoms with van der Waals surface area (Å²) in [7, 11) is 2.08. The monoisotopic (exact) mass is 423 g/mol. The molecule has 31 heavy (non-hydrogen) atoms. The Kier molecular flexibility index (Phi) is 7.69. The lowest BCUT2D eigenvalue weighted by atomic mass is 9.89. The van der Waals surface area contributed by atoms with E-state index in [0.717, 1.165) is 41.8 Å². The number of rotatable bonds is 8. The Morgan fingerprint density at radius 1 is 1.13 bits per heavy atom. The summed E-state index contributed by atoms with van der Waals surface area (Å²) in [5.74, 6) is -0.252. The summed E-state index contributed by atoms with van der Waals surface area (Å²) in [5.41, 5.74) is 4.52. The Morgan fingerprint density at radius 3 is 2.32 bits per heavy atom. The summed E-state index contributed by atoms with van der Waals surface area (Å²) in [6, 6.07) is 8.86. The van der Waals surface area contributed by atoms with Gasteiger partial charge in [0.2, 0.25) is 5.95 Å². The average molecular weight is 424 g/mol. The van der Waals surface area contributed by atoms with Gasteiger partial charge >= 0.3 is 5.97 Å². The standard InChI is InChI=1S/C26H37N3O2/c1-6-10-22(25(30)31)23-18(4)27-26(29(5)21-11-8-7-9-12-21)28-24(23)20-15-13-19(14-16-20)17(2)3/h13-17,21-22H,6-12H2,1-5H3,(H,30,31). The lowest BCUT2D eigenvalue weighted by Gasteiger charge is -2.32. The number of anilines is 1. The van der Waals surface area contributed by atoms with Gasteiger partial charge in [-0.05, 0) is 37.7 Å². The Bertz CT molecular complexity index is 886. The zero-order valence-corrected chi connectivity index (χ0v) is 19.7. The van der Waals surface area contributed by atoms with Gasteiger partial charge in [-0.15, -0.1) is 0 Å². The first kappa shape index (κ1) is 23.2. The van der Waals surface area contributed by atoms with E-state index in [4.69, 9.17) is 9.97 Å². The van der Waals surface area contributed by atoms with Crippen molar-refractivity contribution in [2.24, 2.45) is 0 Å². The second kappa shape index (κ2) is 10.3. The first-order valence-electron chi connectivity index (χ1n) is 11.8. The van der Waals surface area contributed by atoms with Crippen LogP contribution in [0.4, 0.5) is 5.95 Å². The van der Waals surface area contributed by atoms with E-state index in [1.165, 1.54) is 24.8 Å². The smallest absolute Gasteiger partial charge is 0.311 e. The van der Waals surface area contributed by atoms with Crippen molar-refractivity contribution in [3.8, 4) is 11.3 Å². The molecule has 0 bridgehead atoms. The molecule has 5 heteroatoms. The first-order valence-corrected chi connectivity index (χ1v) is 11.8. The molecule has 1 aromatic heterocycles. The minimum absolute atomic E-state index is 0.445. The third-order valence-electron chi connectivity index (χ3n) is 6.64. The number of benzene rings is 1. The molecular weight excluding hydrogens is 386 g/mol. The fraction of sp³-hybridized carbons (Fsp3) is 0.577. The van der Waals surface area contributed by atoms with Crippen LogP contribution in [0.1, 0.15) is 94.4 Å². The van der Waals surface area contributed by atoms with E-state index in [1.807, 2.05) is 13.8 Å². The third-order valence-corrected chi connectivity index (χ3v) is 6.64. The van der Waals surface area contributed by atoms with Gasteiger partial charge in [-0.25, -0.2) is 9.97 Å². The van der Waals surface area contributed by atoms with Crippen LogP contribution in [0.2, 0.25) is 0 Å². The van der Waals surface area contributed by atoms with Crippen LogP contribution < -0.4 is 4.90 Å². The highest BCUT2D eigenvalue weighted by Gasteiger charge is 2.29. The van der Waals surface area contributed by atoms with E-state index in [0.29, 0.717) is 24.3 Å². The number of nitrogens with zero attached hydrogens (tertiary/aromatic N) is 3. The molecular formula is C26H37N3O2. The summed E-state index contributed by atoms with van der Waals surface area (Å²) in [5, 5.41) is 9.99. The van der Waals surface area contributed by atoms with E-state index >= 15 is 0 Å². The van der Waals surface area contributed by atoms with Crippen molar-refractivity contribution in [3.05, 3.63) is 41.1 Å². The van der Waals surface area contributed by atoms with E-state index in [1.54, 1.807) is 0 Å². The van der Waals surface area contributed by atoms with Crippen LogP contribution in [0.25, 0.3) is 11.3 Å². The molecule has 3 rings (SSSR count). The maximum atomic E-state index is 12.2. The average Bonchev–Trinajstić information content (AvgIpc) is 2.77. The van der Waals surface area contributed by atoms with Crippen molar-refractivity contribution in [2.75, 3.05) is 11.9 Å². The molecule has 1 aliphatic rings. The number of aliphatic carboxylic acids is 1. The SMILES string of the molecule is CCCC(C(=O)O)c1c(C)nc(N(C)C2CCCCC2)nc1-c1ccc(C(C)C)cc1. The molecule has 0 aliphatic heterocycles. The predicted molar refractivity (Wildman–Crippen MR) is 127 cm³/mol. The van der Waals surface area contributed by atoms with Gasteiger partial charge in [0.15, 0.2) is 0 Å². The van der Waals surface area contributed by atoms with Crippen LogP contribution >= 0.6 is 0 Å². The van der Waals surface area contributed by atoms with Gasteiger partial charge in [0.25, 0.3) is 0 Å². The van der Waals surface area contributed by atoms with Crippen molar-refractivity contribution in [2.45, 2.75) is 90.5 Å². The quantitative estimate of drug-likeness (QED) is 0.539. The topological polar surface area (TPSA) is 66.3 Å². The van der Waals surface area contributed by atoms with Gasteiger partial charge in [-0.3, -0.25) is 4.79 Å². The van der Waals surface area contributed by atoms with Gasteiger partial charge in [0, 0.05) is 29.9 Å².